The molecule has 26 heavy (non-hydrogen) atoms. The number of hydrogen-bond donors (Lipinski definition) is 3. The zero-order valence-corrected chi connectivity index (χ0v) is 19.1. The van der Waals surface area contributed by atoms with Gasteiger partial charge in [-0.1, -0.05) is 45.0 Å². The van der Waals surface area contributed by atoms with E-state index in [1.165, 1.54) is 11.1 Å². The Morgan fingerprint density at radius 1 is 1.12 bits per heavy atom. The number of aliphatic imine (C=N–C) groups is 1. The Balaban J connectivity index is 0.00000625. The molecule has 0 amide bonds. The molecule has 1 aromatic carbocycles. The van der Waals surface area contributed by atoms with E-state index < -0.39 is 6.10 Å². The highest BCUT2D eigenvalue weighted by Gasteiger charge is 2.09. The largest absolute Gasteiger partial charge is 0.389 e. The summed E-state index contributed by atoms with van der Waals surface area (Å²) in [4.78, 5) is 4.47. The predicted octanol–water partition coefficient (Wildman–Crippen LogP) is 3.52. The summed E-state index contributed by atoms with van der Waals surface area (Å²) in [5, 5.41) is 16.6. The predicted molar refractivity (Wildman–Crippen MR) is 120 cm³/mol. The molecule has 0 aliphatic heterocycles. The number of ether oxygens (including phenoxy) is 1. The van der Waals surface area contributed by atoms with Gasteiger partial charge in [-0.15, -0.1) is 24.0 Å². The van der Waals surface area contributed by atoms with Crippen LogP contribution in [0.4, 0.5) is 0 Å². The van der Waals surface area contributed by atoms with Crippen LogP contribution in [0.2, 0.25) is 0 Å². The van der Waals surface area contributed by atoms with Crippen LogP contribution in [-0.4, -0.2) is 43.5 Å². The Morgan fingerprint density at radius 2 is 1.77 bits per heavy atom. The maximum atomic E-state index is 10.0. The Morgan fingerprint density at radius 3 is 2.31 bits per heavy atom. The van der Waals surface area contributed by atoms with E-state index in [4.69, 9.17) is 4.74 Å². The third kappa shape index (κ3) is 10.3. The van der Waals surface area contributed by atoms with Gasteiger partial charge in [0.25, 0.3) is 0 Å². The molecule has 0 spiro atoms. The fourth-order valence-electron chi connectivity index (χ4n) is 2.34. The lowest BCUT2D eigenvalue weighted by Crippen LogP contribution is -2.39. The second-order valence-electron chi connectivity index (χ2n) is 6.77. The highest BCUT2D eigenvalue weighted by Crippen LogP contribution is 2.13. The quantitative estimate of drug-likeness (QED) is 0.274. The number of aliphatic hydroxyl groups excluding tert-OH is 1. The molecule has 0 saturated carbocycles. The van der Waals surface area contributed by atoms with Crippen LogP contribution in [0.3, 0.4) is 0 Å². The van der Waals surface area contributed by atoms with Crippen molar-refractivity contribution < 1.29 is 9.84 Å². The van der Waals surface area contributed by atoms with Gasteiger partial charge in [-0.05, 0) is 37.3 Å². The van der Waals surface area contributed by atoms with E-state index in [-0.39, 0.29) is 30.0 Å². The SMILES string of the molecule is CCNC(=NCC(O)COCC(C)C)NC(C)c1ccc(CC)cc1.I. The minimum absolute atomic E-state index is 0. The first-order chi connectivity index (χ1) is 12.0. The maximum absolute atomic E-state index is 10.0. The number of aliphatic hydroxyl groups is 1. The number of nitrogens with zero attached hydrogens (tertiary/aromatic N) is 1. The highest BCUT2D eigenvalue weighted by molar-refractivity contribution is 14.0. The minimum atomic E-state index is -0.589. The smallest absolute Gasteiger partial charge is 0.191 e. The van der Waals surface area contributed by atoms with Crippen molar-refractivity contribution in [3.8, 4) is 0 Å². The van der Waals surface area contributed by atoms with E-state index in [0.29, 0.717) is 31.6 Å². The molecular formula is C20H36IN3O2. The molecular weight excluding hydrogens is 441 g/mol. The van der Waals surface area contributed by atoms with Crippen molar-refractivity contribution in [3.63, 3.8) is 0 Å². The molecule has 0 aromatic heterocycles. The zero-order valence-electron chi connectivity index (χ0n) is 16.8. The lowest BCUT2D eigenvalue weighted by molar-refractivity contribution is 0.0301. The molecule has 0 aliphatic carbocycles. The van der Waals surface area contributed by atoms with Crippen molar-refractivity contribution >= 4 is 29.9 Å². The van der Waals surface area contributed by atoms with Crippen LogP contribution in [0.25, 0.3) is 0 Å². The maximum Gasteiger partial charge on any atom is 0.191 e. The Bertz CT molecular complexity index is 506. The first-order valence-electron chi connectivity index (χ1n) is 9.35. The Labute approximate surface area is 176 Å². The van der Waals surface area contributed by atoms with Crippen LogP contribution in [0.5, 0.6) is 0 Å². The molecule has 150 valence electrons. The van der Waals surface area contributed by atoms with Crippen LogP contribution in [0.1, 0.15) is 51.8 Å². The number of guanidine groups is 1. The van der Waals surface area contributed by atoms with Crippen molar-refractivity contribution in [2.75, 3.05) is 26.3 Å². The molecule has 0 bridgehead atoms. The normalized spacial score (nSPS) is 13.9. The summed E-state index contributed by atoms with van der Waals surface area (Å²) in [5.41, 5.74) is 2.55. The van der Waals surface area contributed by atoms with E-state index in [0.717, 1.165) is 13.0 Å². The van der Waals surface area contributed by atoms with Gasteiger partial charge in [-0.25, -0.2) is 0 Å². The lowest BCUT2D eigenvalue weighted by Gasteiger charge is -2.19. The third-order valence-electron chi connectivity index (χ3n) is 3.81. The van der Waals surface area contributed by atoms with Gasteiger partial charge in [0, 0.05) is 13.2 Å². The van der Waals surface area contributed by atoms with Gasteiger partial charge in [0.2, 0.25) is 0 Å². The summed E-state index contributed by atoms with van der Waals surface area (Å²) >= 11 is 0. The van der Waals surface area contributed by atoms with E-state index in [1.54, 1.807) is 0 Å². The number of rotatable bonds is 10. The topological polar surface area (TPSA) is 65.9 Å². The summed E-state index contributed by atoms with van der Waals surface area (Å²) in [5.74, 6) is 1.17. The Hall–Kier alpha value is -0.860. The molecule has 0 heterocycles. The molecule has 0 radical (unpaired) electrons. The molecule has 5 nitrogen and oxygen atoms in total. The van der Waals surface area contributed by atoms with Gasteiger partial charge < -0.3 is 20.5 Å². The molecule has 0 saturated heterocycles. The van der Waals surface area contributed by atoms with Crippen molar-refractivity contribution in [1.82, 2.24) is 10.6 Å². The number of halogens is 1. The number of benzene rings is 1. The van der Waals surface area contributed by atoms with Gasteiger partial charge in [0.1, 0.15) is 0 Å². The number of aryl methyl sites for hydroxylation is 1. The van der Waals surface area contributed by atoms with Crippen molar-refractivity contribution in [2.24, 2.45) is 10.9 Å². The number of hydrogen-bond acceptors (Lipinski definition) is 3. The molecule has 1 aromatic rings. The first-order valence-corrected chi connectivity index (χ1v) is 9.35. The molecule has 0 aliphatic rings. The minimum Gasteiger partial charge on any atom is -0.389 e. The molecule has 2 atom stereocenters. The van der Waals surface area contributed by atoms with Gasteiger partial charge in [-0.2, -0.15) is 0 Å². The summed E-state index contributed by atoms with van der Waals surface area (Å²) in [6.45, 7) is 12.5. The van der Waals surface area contributed by atoms with Crippen LogP contribution >= 0.6 is 24.0 Å². The summed E-state index contributed by atoms with van der Waals surface area (Å²) in [7, 11) is 0. The first kappa shape index (κ1) is 25.1. The molecule has 0 fully saturated rings. The van der Waals surface area contributed by atoms with Crippen molar-refractivity contribution in [1.29, 1.82) is 0 Å². The van der Waals surface area contributed by atoms with Crippen LogP contribution in [-0.2, 0) is 11.2 Å². The Kier molecular flexibility index (Phi) is 13.8. The standard InChI is InChI=1S/C20H35N3O2.HI/c1-6-17-8-10-18(11-9-17)16(5)23-20(21-7-2)22-12-19(24)14-25-13-15(3)4;/h8-11,15-16,19,24H,6-7,12-14H2,1-5H3,(H2,21,22,23);1H. The van der Waals surface area contributed by atoms with Gasteiger partial charge >= 0.3 is 0 Å². The van der Waals surface area contributed by atoms with Crippen LogP contribution in [0.15, 0.2) is 29.3 Å². The van der Waals surface area contributed by atoms with E-state index in [9.17, 15) is 5.11 Å². The van der Waals surface area contributed by atoms with Crippen LogP contribution < -0.4 is 10.6 Å². The zero-order chi connectivity index (χ0) is 18.7. The molecule has 1 rings (SSSR count). The van der Waals surface area contributed by atoms with E-state index in [2.05, 4.69) is 67.6 Å². The number of nitrogens with one attached hydrogen (secondary N) is 2. The summed E-state index contributed by atoms with van der Waals surface area (Å²) in [6.07, 6.45) is 0.455. The average Bonchev–Trinajstić information content (AvgIpc) is 2.59. The van der Waals surface area contributed by atoms with Gasteiger partial charge in [0.15, 0.2) is 5.96 Å². The fraction of sp³-hybridized carbons (Fsp3) is 0.650. The molecule has 2 unspecified atom stereocenters. The van der Waals surface area contributed by atoms with Crippen LogP contribution in [0, 0.1) is 5.92 Å². The fourth-order valence-corrected chi connectivity index (χ4v) is 2.34. The third-order valence-corrected chi connectivity index (χ3v) is 3.81. The average molecular weight is 477 g/mol. The second kappa shape index (κ2) is 14.2. The van der Waals surface area contributed by atoms with Crippen molar-refractivity contribution in [3.05, 3.63) is 35.4 Å². The summed E-state index contributed by atoms with van der Waals surface area (Å²) in [6, 6.07) is 8.75. The van der Waals surface area contributed by atoms with E-state index >= 15 is 0 Å². The summed E-state index contributed by atoms with van der Waals surface area (Å²) < 4.78 is 5.46. The monoisotopic (exact) mass is 477 g/mol. The van der Waals surface area contributed by atoms with Crippen molar-refractivity contribution in [2.45, 2.75) is 53.2 Å². The van der Waals surface area contributed by atoms with Gasteiger partial charge in [-0.3, -0.25) is 4.99 Å². The highest BCUT2D eigenvalue weighted by atomic mass is 127. The molecule has 3 N–H and O–H groups in total. The lowest BCUT2D eigenvalue weighted by atomic mass is 10.1. The second-order valence-corrected chi connectivity index (χ2v) is 6.77. The molecule has 6 heteroatoms. The van der Waals surface area contributed by atoms with E-state index in [1.807, 2.05) is 6.92 Å². The van der Waals surface area contributed by atoms with Gasteiger partial charge in [0.05, 0.1) is 25.3 Å².